The molecule has 10 heteroatoms. The number of benzene rings is 2. The Bertz CT molecular complexity index is 1410. The summed E-state index contributed by atoms with van der Waals surface area (Å²) >= 11 is 0. The van der Waals surface area contributed by atoms with Crippen LogP contribution in [0.15, 0.2) is 53.1 Å². The van der Waals surface area contributed by atoms with Crippen LogP contribution < -0.4 is 5.32 Å². The molecule has 3 amide bonds. The number of hydrogen-bond donors (Lipinski definition) is 2. The van der Waals surface area contributed by atoms with Gasteiger partial charge < -0.3 is 9.84 Å². The number of amides is 3. The molecule has 0 radical (unpaired) electrons. The molecule has 6 rings (SSSR count). The van der Waals surface area contributed by atoms with Gasteiger partial charge in [-0.2, -0.15) is 10.1 Å². The minimum atomic E-state index is -1.01. The average molecular weight is 441 g/mol. The molecule has 10 nitrogen and oxygen atoms in total. The number of carbonyl (C=O) groups is 2. The second-order valence-corrected chi connectivity index (χ2v) is 8.22. The van der Waals surface area contributed by atoms with E-state index in [0.717, 1.165) is 28.0 Å². The van der Waals surface area contributed by atoms with Gasteiger partial charge in [-0.15, -0.1) is 0 Å². The SMILES string of the molecule is Cc1nc(-c2cccc(-c3noc(CN4C(=O)NC5(CCc6ccccc65)C4=O)n3)c2)n[nH]1. The molecular weight excluding hydrogens is 422 g/mol. The zero-order valence-corrected chi connectivity index (χ0v) is 17.7. The van der Waals surface area contributed by atoms with Crippen molar-refractivity contribution in [1.82, 2.24) is 35.5 Å². The summed E-state index contributed by atoms with van der Waals surface area (Å²) in [6.45, 7) is 1.73. The van der Waals surface area contributed by atoms with Crippen molar-refractivity contribution in [3.63, 3.8) is 0 Å². The van der Waals surface area contributed by atoms with Crippen molar-refractivity contribution in [2.75, 3.05) is 0 Å². The number of nitrogens with zero attached hydrogens (tertiary/aromatic N) is 5. The number of aryl methyl sites for hydroxylation is 2. The highest BCUT2D eigenvalue weighted by Gasteiger charge is 2.55. The molecule has 0 saturated carbocycles. The summed E-state index contributed by atoms with van der Waals surface area (Å²) in [6.07, 6.45) is 1.28. The summed E-state index contributed by atoms with van der Waals surface area (Å²) in [6, 6.07) is 14.7. The molecule has 3 heterocycles. The van der Waals surface area contributed by atoms with Gasteiger partial charge in [0.25, 0.3) is 5.91 Å². The number of aromatic amines is 1. The van der Waals surface area contributed by atoms with Gasteiger partial charge in [0, 0.05) is 11.1 Å². The quantitative estimate of drug-likeness (QED) is 0.466. The largest absolute Gasteiger partial charge is 0.337 e. The van der Waals surface area contributed by atoms with Gasteiger partial charge in [0.1, 0.15) is 17.9 Å². The zero-order valence-electron chi connectivity index (χ0n) is 17.7. The number of imide groups is 1. The maximum atomic E-state index is 13.3. The van der Waals surface area contributed by atoms with E-state index in [0.29, 0.717) is 29.5 Å². The van der Waals surface area contributed by atoms with Gasteiger partial charge in [0.05, 0.1) is 0 Å². The van der Waals surface area contributed by atoms with Crippen molar-refractivity contribution in [3.8, 4) is 22.8 Å². The van der Waals surface area contributed by atoms with E-state index in [9.17, 15) is 9.59 Å². The lowest BCUT2D eigenvalue weighted by molar-refractivity contribution is -0.132. The zero-order chi connectivity index (χ0) is 22.6. The summed E-state index contributed by atoms with van der Waals surface area (Å²) < 4.78 is 5.38. The van der Waals surface area contributed by atoms with Crippen molar-refractivity contribution < 1.29 is 14.1 Å². The number of nitrogens with one attached hydrogen (secondary N) is 2. The van der Waals surface area contributed by atoms with Crippen LogP contribution in [0.2, 0.25) is 0 Å². The molecule has 2 N–H and O–H groups in total. The fourth-order valence-corrected chi connectivity index (χ4v) is 4.57. The topological polar surface area (TPSA) is 130 Å². The standard InChI is InChI=1S/C23H19N7O3/c1-13-24-19(28-27-13)15-6-4-7-16(11-15)20-25-18(33-29-20)12-30-21(31)23(26-22(30)32)10-9-14-5-2-3-8-17(14)23/h2-8,11H,9-10,12H2,1H3,(H,26,32)(H,24,27,28). The highest BCUT2D eigenvalue weighted by molar-refractivity contribution is 6.08. The van der Waals surface area contributed by atoms with Gasteiger partial charge in [-0.05, 0) is 37.0 Å². The second-order valence-electron chi connectivity index (χ2n) is 8.22. The first-order chi connectivity index (χ1) is 16.0. The van der Waals surface area contributed by atoms with E-state index in [2.05, 4.69) is 30.6 Å². The van der Waals surface area contributed by atoms with Crippen LogP contribution in [0.25, 0.3) is 22.8 Å². The summed E-state index contributed by atoms with van der Waals surface area (Å²) in [5.41, 5.74) is 2.44. The normalized spacial score (nSPS) is 19.4. The Morgan fingerprint density at radius 3 is 2.70 bits per heavy atom. The Morgan fingerprint density at radius 1 is 1.06 bits per heavy atom. The lowest BCUT2D eigenvalue weighted by atomic mass is 9.92. The maximum absolute atomic E-state index is 13.3. The van der Waals surface area contributed by atoms with E-state index in [1.807, 2.05) is 55.5 Å². The Balaban J connectivity index is 1.25. The lowest BCUT2D eigenvalue weighted by Gasteiger charge is -2.21. The molecule has 4 aromatic rings. The predicted molar refractivity (Wildman–Crippen MR) is 115 cm³/mol. The second kappa shape index (κ2) is 7.09. The van der Waals surface area contributed by atoms with Crippen LogP contribution in [0, 0.1) is 6.92 Å². The molecule has 1 spiro atoms. The monoisotopic (exact) mass is 441 g/mol. The van der Waals surface area contributed by atoms with Gasteiger partial charge in [-0.25, -0.2) is 9.78 Å². The fourth-order valence-electron chi connectivity index (χ4n) is 4.57. The molecule has 1 saturated heterocycles. The molecule has 1 atom stereocenters. The first-order valence-electron chi connectivity index (χ1n) is 10.6. The van der Waals surface area contributed by atoms with Crippen molar-refractivity contribution >= 4 is 11.9 Å². The number of hydrogen-bond acceptors (Lipinski definition) is 7. The number of urea groups is 1. The highest BCUT2D eigenvalue weighted by atomic mass is 16.5. The minimum absolute atomic E-state index is 0.0958. The summed E-state index contributed by atoms with van der Waals surface area (Å²) in [4.78, 5) is 35.9. The van der Waals surface area contributed by atoms with Gasteiger partial charge in [-0.1, -0.05) is 47.6 Å². The van der Waals surface area contributed by atoms with Crippen LogP contribution in [-0.4, -0.2) is 42.2 Å². The first kappa shape index (κ1) is 19.4. The summed E-state index contributed by atoms with van der Waals surface area (Å²) in [5, 5.41) is 13.9. The third kappa shape index (κ3) is 3.02. The Morgan fingerprint density at radius 2 is 1.88 bits per heavy atom. The Kier molecular flexibility index (Phi) is 4.16. The van der Waals surface area contributed by atoms with E-state index < -0.39 is 11.6 Å². The first-order valence-corrected chi connectivity index (χ1v) is 10.6. The lowest BCUT2D eigenvalue weighted by Crippen LogP contribution is -2.41. The van der Waals surface area contributed by atoms with E-state index in [1.54, 1.807) is 0 Å². The van der Waals surface area contributed by atoms with Gasteiger partial charge in [0.15, 0.2) is 5.82 Å². The molecule has 2 aliphatic rings. The minimum Gasteiger partial charge on any atom is -0.337 e. The molecule has 2 aromatic heterocycles. The van der Waals surface area contributed by atoms with Crippen LogP contribution in [-0.2, 0) is 23.3 Å². The van der Waals surface area contributed by atoms with Crippen molar-refractivity contribution in [2.24, 2.45) is 0 Å². The highest BCUT2D eigenvalue weighted by Crippen LogP contribution is 2.41. The fraction of sp³-hybridized carbons (Fsp3) is 0.217. The molecule has 1 aliphatic carbocycles. The summed E-state index contributed by atoms with van der Waals surface area (Å²) in [7, 11) is 0. The third-order valence-electron chi connectivity index (χ3n) is 6.16. The van der Waals surface area contributed by atoms with Gasteiger partial charge >= 0.3 is 6.03 Å². The van der Waals surface area contributed by atoms with Crippen molar-refractivity contribution in [3.05, 3.63) is 71.4 Å². The summed E-state index contributed by atoms with van der Waals surface area (Å²) in [5.74, 6) is 1.52. The van der Waals surface area contributed by atoms with Crippen LogP contribution in [0.1, 0.15) is 29.3 Å². The van der Waals surface area contributed by atoms with Crippen molar-refractivity contribution in [1.29, 1.82) is 0 Å². The van der Waals surface area contributed by atoms with E-state index in [-0.39, 0.29) is 18.3 Å². The smallest absolute Gasteiger partial charge is 0.325 e. The van der Waals surface area contributed by atoms with E-state index >= 15 is 0 Å². The van der Waals surface area contributed by atoms with E-state index in [1.165, 1.54) is 0 Å². The molecular formula is C23H19N7O3. The molecule has 2 aromatic carbocycles. The molecule has 1 aliphatic heterocycles. The van der Waals surface area contributed by atoms with Crippen LogP contribution >= 0.6 is 0 Å². The molecule has 33 heavy (non-hydrogen) atoms. The average Bonchev–Trinajstić information content (AvgIpc) is 3.60. The molecule has 0 bridgehead atoms. The number of aromatic nitrogens is 5. The van der Waals surface area contributed by atoms with Crippen LogP contribution in [0.3, 0.4) is 0 Å². The van der Waals surface area contributed by atoms with E-state index in [4.69, 9.17) is 4.52 Å². The van der Waals surface area contributed by atoms with Crippen LogP contribution in [0.5, 0.6) is 0 Å². The number of fused-ring (bicyclic) bond motifs is 2. The molecule has 1 unspecified atom stereocenters. The van der Waals surface area contributed by atoms with Crippen LogP contribution in [0.4, 0.5) is 4.79 Å². The van der Waals surface area contributed by atoms with Gasteiger partial charge in [-0.3, -0.25) is 14.8 Å². The molecule has 1 fully saturated rings. The number of H-pyrrole nitrogens is 1. The number of rotatable bonds is 4. The predicted octanol–water partition coefficient (Wildman–Crippen LogP) is 2.72. The van der Waals surface area contributed by atoms with Crippen molar-refractivity contribution in [2.45, 2.75) is 31.8 Å². The Labute approximate surface area is 188 Å². The maximum Gasteiger partial charge on any atom is 0.325 e. The van der Waals surface area contributed by atoms with Gasteiger partial charge in [0.2, 0.25) is 11.7 Å². The Hall–Kier alpha value is -4.34. The molecule has 164 valence electrons. The third-order valence-corrected chi connectivity index (χ3v) is 6.16. The number of carbonyl (C=O) groups excluding carboxylic acids is 2.